The average molecular weight is 212 g/mol. The predicted octanol–water partition coefficient (Wildman–Crippen LogP) is 5.81. The highest BCUT2D eigenvalue weighted by molar-refractivity contribution is 4.61. The van der Waals surface area contributed by atoms with Gasteiger partial charge in [0.1, 0.15) is 0 Å². The van der Waals surface area contributed by atoms with Crippen LogP contribution in [0.2, 0.25) is 0 Å². The molecule has 0 nitrogen and oxygen atoms in total. The Kier molecular flexibility index (Phi) is 10.5. The summed E-state index contributed by atoms with van der Waals surface area (Å²) < 4.78 is 0. The first-order valence-corrected chi connectivity index (χ1v) is 7.20. The Bertz CT molecular complexity index is 115. The lowest BCUT2D eigenvalue weighted by Crippen LogP contribution is -2.03. The van der Waals surface area contributed by atoms with Gasteiger partial charge in [-0.1, -0.05) is 85.5 Å². The summed E-state index contributed by atoms with van der Waals surface area (Å²) in [5.74, 6) is 1.92. The highest BCUT2D eigenvalue weighted by Crippen LogP contribution is 2.23. The molecule has 0 aromatic rings. The van der Waals surface area contributed by atoms with Crippen LogP contribution in [0.3, 0.4) is 0 Å². The van der Waals surface area contributed by atoms with E-state index in [2.05, 4.69) is 27.7 Å². The molecule has 0 aliphatic heterocycles. The van der Waals surface area contributed by atoms with Crippen LogP contribution in [0.15, 0.2) is 0 Å². The molecule has 0 heterocycles. The van der Waals surface area contributed by atoms with E-state index in [1.807, 2.05) is 0 Å². The molecule has 92 valence electrons. The molecule has 0 heteroatoms. The molecule has 15 heavy (non-hydrogen) atoms. The van der Waals surface area contributed by atoms with Gasteiger partial charge in [0.25, 0.3) is 0 Å². The summed E-state index contributed by atoms with van der Waals surface area (Å²) in [7, 11) is 0. The van der Waals surface area contributed by atoms with Crippen LogP contribution in [0, 0.1) is 11.8 Å². The molecule has 0 fully saturated rings. The fourth-order valence-electron chi connectivity index (χ4n) is 2.18. The van der Waals surface area contributed by atoms with Gasteiger partial charge in [-0.2, -0.15) is 0 Å². The van der Waals surface area contributed by atoms with E-state index in [1.165, 1.54) is 57.8 Å². The third kappa shape index (κ3) is 10.3. The second-order valence-corrected chi connectivity index (χ2v) is 5.48. The molecule has 0 amide bonds. The molecule has 1 atom stereocenters. The Morgan fingerprint density at radius 3 is 1.80 bits per heavy atom. The molecule has 0 saturated carbocycles. The molecule has 0 aliphatic rings. The summed E-state index contributed by atoms with van der Waals surface area (Å²) in [6.45, 7) is 9.31. The molecule has 0 bridgehead atoms. The van der Waals surface area contributed by atoms with E-state index < -0.39 is 0 Å². The average Bonchev–Trinajstić information content (AvgIpc) is 2.21. The standard InChI is InChI=1S/C15H32/c1-5-7-9-11-15(10-8-6-2)13-12-14(3)4/h14-15H,5-13H2,1-4H3. The fraction of sp³-hybridized carbons (Fsp3) is 1.00. The zero-order chi connectivity index (χ0) is 11.5. The zero-order valence-corrected chi connectivity index (χ0v) is 11.5. The largest absolute Gasteiger partial charge is 0.0654 e. The molecule has 0 aromatic heterocycles. The zero-order valence-electron chi connectivity index (χ0n) is 11.5. The van der Waals surface area contributed by atoms with Gasteiger partial charge >= 0.3 is 0 Å². The first-order chi connectivity index (χ1) is 7.20. The maximum Gasteiger partial charge on any atom is -0.0414 e. The van der Waals surface area contributed by atoms with E-state index in [1.54, 1.807) is 0 Å². The monoisotopic (exact) mass is 212 g/mol. The lowest BCUT2D eigenvalue weighted by molar-refractivity contribution is 0.358. The predicted molar refractivity (Wildman–Crippen MR) is 71.2 cm³/mol. The summed E-state index contributed by atoms with van der Waals surface area (Å²) in [5, 5.41) is 0. The maximum atomic E-state index is 2.35. The number of unbranched alkanes of at least 4 members (excludes halogenated alkanes) is 3. The van der Waals surface area contributed by atoms with Gasteiger partial charge in [0.2, 0.25) is 0 Å². The summed E-state index contributed by atoms with van der Waals surface area (Å²) in [4.78, 5) is 0. The lowest BCUT2D eigenvalue weighted by Gasteiger charge is -2.17. The first kappa shape index (κ1) is 15.0. The number of rotatable bonds is 10. The molecule has 0 radical (unpaired) electrons. The van der Waals surface area contributed by atoms with Crippen molar-refractivity contribution >= 4 is 0 Å². The highest BCUT2D eigenvalue weighted by atomic mass is 14.1. The summed E-state index contributed by atoms with van der Waals surface area (Å²) in [5.41, 5.74) is 0. The van der Waals surface area contributed by atoms with E-state index in [0.717, 1.165) is 11.8 Å². The van der Waals surface area contributed by atoms with E-state index in [9.17, 15) is 0 Å². The van der Waals surface area contributed by atoms with Crippen molar-refractivity contribution in [2.24, 2.45) is 11.8 Å². The van der Waals surface area contributed by atoms with E-state index in [-0.39, 0.29) is 0 Å². The van der Waals surface area contributed by atoms with Crippen molar-refractivity contribution in [3.8, 4) is 0 Å². The maximum absolute atomic E-state index is 2.35. The summed E-state index contributed by atoms with van der Waals surface area (Å²) in [6.07, 6.45) is 12.9. The van der Waals surface area contributed by atoms with E-state index in [4.69, 9.17) is 0 Å². The van der Waals surface area contributed by atoms with E-state index in [0.29, 0.717) is 0 Å². The van der Waals surface area contributed by atoms with Gasteiger partial charge in [-0.15, -0.1) is 0 Å². The van der Waals surface area contributed by atoms with Crippen LogP contribution in [-0.4, -0.2) is 0 Å². The van der Waals surface area contributed by atoms with Crippen molar-refractivity contribution < 1.29 is 0 Å². The van der Waals surface area contributed by atoms with Crippen molar-refractivity contribution in [1.29, 1.82) is 0 Å². The molecule has 1 unspecified atom stereocenters. The fourth-order valence-corrected chi connectivity index (χ4v) is 2.18. The molecule has 0 aromatic carbocycles. The van der Waals surface area contributed by atoms with Crippen molar-refractivity contribution in [2.45, 2.75) is 85.5 Å². The van der Waals surface area contributed by atoms with Crippen LogP contribution in [-0.2, 0) is 0 Å². The van der Waals surface area contributed by atoms with E-state index >= 15 is 0 Å². The molecular weight excluding hydrogens is 180 g/mol. The Morgan fingerprint density at radius 2 is 1.27 bits per heavy atom. The Hall–Kier alpha value is 0. The second-order valence-electron chi connectivity index (χ2n) is 5.48. The SMILES string of the molecule is CCCCCC(CCCC)CCC(C)C. The minimum Gasteiger partial charge on any atom is -0.0654 e. The first-order valence-electron chi connectivity index (χ1n) is 7.20. The molecule has 0 rings (SSSR count). The normalized spacial score (nSPS) is 13.4. The van der Waals surface area contributed by atoms with Crippen molar-refractivity contribution in [2.75, 3.05) is 0 Å². The smallest absolute Gasteiger partial charge is 0.0414 e. The second kappa shape index (κ2) is 10.5. The van der Waals surface area contributed by atoms with Gasteiger partial charge in [0.05, 0.1) is 0 Å². The van der Waals surface area contributed by atoms with Gasteiger partial charge in [-0.3, -0.25) is 0 Å². The summed E-state index contributed by atoms with van der Waals surface area (Å²) in [6, 6.07) is 0. The lowest BCUT2D eigenvalue weighted by atomic mass is 9.89. The van der Waals surface area contributed by atoms with Crippen molar-refractivity contribution in [3.63, 3.8) is 0 Å². The Labute approximate surface area is 97.8 Å². The minimum atomic E-state index is 0.889. The van der Waals surface area contributed by atoms with Crippen LogP contribution in [0.5, 0.6) is 0 Å². The molecule has 0 spiro atoms. The van der Waals surface area contributed by atoms with Crippen LogP contribution in [0.1, 0.15) is 85.5 Å². The Morgan fingerprint density at radius 1 is 0.667 bits per heavy atom. The van der Waals surface area contributed by atoms with Gasteiger partial charge < -0.3 is 0 Å². The molecule has 0 N–H and O–H groups in total. The van der Waals surface area contributed by atoms with Crippen LogP contribution >= 0.6 is 0 Å². The Balaban J connectivity index is 3.63. The highest BCUT2D eigenvalue weighted by Gasteiger charge is 2.08. The molecule has 0 aliphatic carbocycles. The van der Waals surface area contributed by atoms with Crippen LogP contribution < -0.4 is 0 Å². The van der Waals surface area contributed by atoms with Crippen LogP contribution in [0.25, 0.3) is 0 Å². The summed E-state index contributed by atoms with van der Waals surface area (Å²) >= 11 is 0. The minimum absolute atomic E-state index is 0.889. The van der Waals surface area contributed by atoms with Gasteiger partial charge in [-0.25, -0.2) is 0 Å². The van der Waals surface area contributed by atoms with Crippen molar-refractivity contribution in [3.05, 3.63) is 0 Å². The molecule has 0 saturated heterocycles. The number of hydrogen-bond acceptors (Lipinski definition) is 0. The van der Waals surface area contributed by atoms with Crippen LogP contribution in [0.4, 0.5) is 0 Å². The van der Waals surface area contributed by atoms with Gasteiger partial charge in [0, 0.05) is 0 Å². The number of hydrogen-bond donors (Lipinski definition) is 0. The molecular formula is C15H32. The van der Waals surface area contributed by atoms with Gasteiger partial charge in [-0.05, 0) is 11.8 Å². The topological polar surface area (TPSA) is 0 Å². The quantitative estimate of drug-likeness (QED) is 0.401. The third-order valence-corrected chi connectivity index (χ3v) is 3.33. The van der Waals surface area contributed by atoms with Gasteiger partial charge in [0.15, 0.2) is 0 Å². The third-order valence-electron chi connectivity index (χ3n) is 3.33. The van der Waals surface area contributed by atoms with Crippen molar-refractivity contribution in [1.82, 2.24) is 0 Å².